The standard InChI is InChI=1S/C29H28Cl2N4O4S/c1-2-38-22-8-15(28(36)37)9-23-26(22)33-29(40-23)35-17-10-16(11-18(35)12-17)32-13-19-25(34-39-27(19)14-6-7-14)24-20(30)4-3-5-21(24)31/h3-5,8-9,14,16-18,32H,2,6-7,10-13H2,1H3,(H,36,37). The number of fused-ring (bicyclic) bond motifs is 3. The normalized spacial score (nSPS) is 22.0. The molecule has 2 atom stereocenters. The van der Waals surface area contributed by atoms with Crippen LogP contribution in [0.2, 0.25) is 10.0 Å². The van der Waals surface area contributed by atoms with Gasteiger partial charge in [-0.05, 0) is 63.3 Å². The van der Waals surface area contributed by atoms with E-state index in [4.69, 9.17) is 37.4 Å². The number of benzene rings is 2. The monoisotopic (exact) mass is 598 g/mol. The molecule has 0 amide bonds. The number of halogens is 2. The fourth-order valence-corrected chi connectivity index (χ4v) is 7.91. The first-order chi connectivity index (χ1) is 19.4. The van der Waals surface area contributed by atoms with Crippen molar-refractivity contribution < 1.29 is 19.2 Å². The van der Waals surface area contributed by atoms with Crippen LogP contribution < -0.4 is 15.0 Å². The summed E-state index contributed by atoms with van der Waals surface area (Å²) in [5, 5.41) is 19.8. The average molecular weight is 600 g/mol. The van der Waals surface area contributed by atoms with Gasteiger partial charge in [-0.3, -0.25) is 0 Å². The van der Waals surface area contributed by atoms with Crippen LogP contribution in [0.3, 0.4) is 0 Å². The van der Waals surface area contributed by atoms with Crippen molar-refractivity contribution in [2.45, 2.75) is 69.6 Å². The molecule has 4 heterocycles. The van der Waals surface area contributed by atoms with Crippen LogP contribution in [0.1, 0.15) is 66.6 Å². The number of piperidine rings is 1. The largest absolute Gasteiger partial charge is 0.492 e. The van der Waals surface area contributed by atoms with Crippen LogP contribution in [-0.2, 0) is 6.54 Å². The summed E-state index contributed by atoms with van der Waals surface area (Å²) in [6.45, 7) is 2.98. The third-order valence-electron chi connectivity index (χ3n) is 8.19. The van der Waals surface area contributed by atoms with Gasteiger partial charge in [0.25, 0.3) is 0 Å². The van der Waals surface area contributed by atoms with Crippen LogP contribution in [0.4, 0.5) is 5.13 Å². The second-order valence-corrected chi connectivity index (χ2v) is 12.6. The van der Waals surface area contributed by atoms with E-state index in [0.717, 1.165) is 70.0 Å². The highest BCUT2D eigenvalue weighted by molar-refractivity contribution is 7.22. The Kier molecular flexibility index (Phi) is 6.65. The molecule has 40 heavy (non-hydrogen) atoms. The Balaban J connectivity index is 1.09. The number of aromatic nitrogens is 2. The Hall–Kier alpha value is -2.85. The molecule has 8 nitrogen and oxygen atoms in total. The highest BCUT2D eigenvalue weighted by atomic mass is 35.5. The van der Waals surface area contributed by atoms with Crippen LogP contribution in [-0.4, -0.2) is 45.9 Å². The number of rotatable bonds is 9. The maximum atomic E-state index is 11.6. The molecule has 4 fully saturated rings. The summed E-state index contributed by atoms with van der Waals surface area (Å²) in [4.78, 5) is 19.0. The molecule has 2 aromatic heterocycles. The molecule has 208 valence electrons. The third-order valence-corrected chi connectivity index (χ3v) is 9.84. The molecule has 2 aliphatic carbocycles. The minimum Gasteiger partial charge on any atom is -0.492 e. The second kappa shape index (κ2) is 10.2. The van der Waals surface area contributed by atoms with Gasteiger partial charge in [-0.1, -0.05) is 45.8 Å². The summed E-state index contributed by atoms with van der Waals surface area (Å²) < 4.78 is 12.4. The van der Waals surface area contributed by atoms with Gasteiger partial charge in [-0.25, -0.2) is 9.78 Å². The molecule has 2 aliphatic heterocycles. The van der Waals surface area contributed by atoms with Crippen molar-refractivity contribution in [3.8, 4) is 17.0 Å². The molecule has 2 saturated heterocycles. The van der Waals surface area contributed by atoms with E-state index in [9.17, 15) is 9.90 Å². The molecule has 2 aromatic carbocycles. The Morgan fingerprint density at radius 3 is 2.62 bits per heavy atom. The van der Waals surface area contributed by atoms with E-state index in [1.165, 1.54) is 0 Å². The number of thiazole rings is 1. The number of carboxylic acid groups (broad SMARTS) is 1. The van der Waals surface area contributed by atoms with Crippen LogP contribution in [0.15, 0.2) is 34.9 Å². The summed E-state index contributed by atoms with van der Waals surface area (Å²) in [5.41, 5.74) is 3.46. The predicted octanol–water partition coefficient (Wildman–Crippen LogP) is 7.13. The van der Waals surface area contributed by atoms with Gasteiger partial charge in [0, 0.05) is 41.7 Å². The Morgan fingerprint density at radius 2 is 1.95 bits per heavy atom. The number of nitrogens with zero attached hydrogens (tertiary/aromatic N) is 3. The van der Waals surface area contributed by atoms with E-state index in [-0.39, 0.29) is 5.56 Å². The number of hydrogen-bond acceptors (Lipinski definition) is 8. The first-order valence-corrected chi connectivity index (χ1v) is 15.2. The van der Waals surface area contributed by atoms with Crippen molar-refractivity contribution in [2.75, 3.05) is 11.5 Å². The molecular weight excluding hydrogens is 571 g/mol. The van der Waals surface area contributed by atoms with Gasteiger partial charge in [0.05, 0.1) is 26.9 Å². The molecule has 0 spiro atoms. The summed E-state index contributed by atoms with van der Waals surface area (Å²) in [6, 6.07) is 9.88. The molecular formula is C29H28Cl2N4O4S. The highest BCUT2D eigenvalue weighted by Crippen LogP contribution is 2.48. The van der Waals surface area contributed by atoms with E-state index in [0.29, 0.717) is 53.0 Å². The first kappa shape index (κ1) is 26.1. The number of carbonyl (C=O) groups is 1. The van der Waals surface area contributed by atoms with Crippen LogP contribution in [0, 0.1) is 0 Å². The van der Waals surface area contributed by atoms with Gasteiger partial charge < -0.3 is 24.6 Å². The van der Waals surface area contributed by atoms with Crippen molar-refractivity contribution in [3.05, 3.63) is 57.3 Å². The van der Waals surface area contributed by atoms with E-state index < -0.39 is 5.97 Å². The number of anilines is 1. The molecule has 11 heteroatoms. The lowest BCUT2D eigenvalue weighted by atomic mass is 9.77. The molecule has 0 radical (unpaired) electrons. The lowest BCUT2D eigenvalue weighted by Gasteiger charge is -2.55. The molecule has 2 bridgehead atoms. The number of aromatic carboxylic acids is 1. The van der Waals surface area contributed by atoms with Crippen LogP contribution in [0.25, 0.3) is 21.5 Å². The number of hydrogen-bond donors (Lipinski definition) is 2. The number of carboxylic acids is 1. The van der Waals surface area contributed by atoms with Crippen molar-refractivity contribution in [3.63, 3.8) is 0 Å². The highest BCUT2D eigenvalue weighted by Gasteiger charge is 2.46. The fraction of sp³-hybridized carbons (Fsp3) is 0.414. The maximum Gasteiger partial charge on any atom is 0.335 e. The average Bonchev–Trinajstić information content (AvgIpc) is 3.55. The quantitative estimate of drug-likeness (QED) is 0.210. The lowest BCUT2D eigenvalue weighted by Crippen LogP contribution is -2.64. The minimum absolute atomic E-state index is 0.218. The predicted molar refractivity (Wildman–Crippen MR) is 156 cm³/mol. The van der Waals surface area contributed by atoms with E-state index in [1.807, 2.05) is 25.1 Å². The fourth-order valence-electron chi connectivity index (χ4n) is 6.17. The topological polar surface area (TPSA) is 101 Å². The Bertz CT molecular complexity index is 1580. The second-order valence-electron chi connectivity index (χ2n) is 10.8. The summed E-state index contributed by atoms with van der Waals surface area (Å²) in [6.07, 6.45) is 5.35. The minimum atomic E-state index is -0.967. The molecule has 2 saturated carbocycles. The van der Waals surface area contributed by atoms with Gasteiger partial charge in [0.2, 0.25) is 0 Å². The third kappa shape index (κ3) is 4.53. The van der Waals surface area contributed by atoms with Crippen molar-refractivity contribution in [2.24, 2.45) is 0 Å². The Labute approximate surface area is 245 Å². The zero-order valence-electron chi connectivity index (χ0n) is 21.8. The molecule has 8 rings (SSSR count). The molecule has 2 N–H and O–H groups in total. The first-order valence-electron chi connectivity index (χ1n) is 13.7. The van der Waals surface area contributed by atoms with Gasteiger partial charge in [0.1, 0.15) is 22.7 Å². The van der Waals surface area contributed by atoms with E-state index >= 15 is 0 Å². The van der Waals surface area contributed by atoms with Crippen molar-refractivity contribution >= 4 is 55.9 Å². The smallest absolute Gasteiger partial charge is 0.335 e. The van der Waals surface area contributed by atoms with Crippen molar-refractivity contribution in [1.82, 2.24) is 15.5 Å². The summed E-state index contributed by atoms with van der Waals surface area (Å²) in [7, 11) is 0. The number of nitrogens with one attached hydrogen (secondary N) is 1. The zero-order chi connectivity index (χ0) is 27.5. The van der Waals surface area contributed by atoms with Gasteiger partial charge >= 0.3 is 5.97 Å². The zero-order valence-corrected chi connectivity index (χ0v) is 24.2. The van der Waals surface area contributed by atoms with Crippen LogP contribution in [0.5, 0.6) is 5.75 Å². The lowest BCUT2D eigenvalue weighted by molar-refractivity contribution is 0.0696. The number of ether oxygens (including phenoxy) is 1. The molecule has 4 aromatic rings. The SMILES string of the molecule is CCOc1cc(C(=O)O)cc2sc(N3C4CC(NCc5c(-c6c(Cl)cccc6Cl)noc5C5CC5)CC3C4)nc12. The van der Waals surface area contributed by atoms with Crippen LogP contribution >= 0.6 is 34.5 Å². The van der Waals surface area contributed by atoms with Gasteiger partial charge in [0.15, 0.2) is 5.13 Å². The van der Waals surface area contributed by atoms with Gasteiger partial charge in [-0.15, -0.1) is 0 Å². The maximum absolute atomic E-state index is 11.6. The summed E-state index contributed by atoms with van der Waals surface area (Å²) >= 11 is 14.6. The Morgan fingerprint density at radius 1 is 1.20 bits per heavy atom. The van der Waals surface area contributed by atoms with E-state index in [1.54, 1.807) is 23.5 Å². The molecule has 4 aliphatic rings. The summed E-state index contributed by atoms with van der Waals surface area (Å²) in [5.74, 6) is 0.920. The van der Waals surface area contributed by atoms with E-state index in [2.05, 4.69) is 15.4 Å². The van der Waals surface area contributed by atoms with Gasteiger partial charge in [-0.2, -0.15) is 0 Å². The van der Waals surface area contributed by atoms with Crippen molar-refractivity contribution in [1.29, 1.82) is 0 Å². The molecule has 2 unspecified atom stereocenters.